The Kier molecular flexibility index (Phi) is 5.95. The molecule has 0 fully saturated rings. The predicted octanol–water partition coefficient (Wildman–Crippen LogP) is 4.58. The first-order valence-corrected chi connectivity index (χ1v) is 10.6. The van der Waals surface area contributed by atoms with E-state index in [0.29, 0.717) is 21.4 Å². The summed E-state index contributed by atoms with van der Waals surface area (Å²) in [5, 5.41) is 5.13. The molecular formula is C24H21N3O3S. The number of nitrogens with one attached hydrogen (secondary N) is 1. The Morgan fingerprint density at radius 2 is 1.77 bits per heavy atom. The molecule has 1 amide bonds. The summed E-state index contributed by atoms with van der Waals surface area (Å²) >= 11 is 1.25. The van der Waals surface area contributed by atoms with Gasteiger partial charge >= 0.3 is 5.97 Å². The van der Waals surface area contributed by atoms with Crippen molar-refractivity contribution in [3.05, 3.63) is 77.2 Å². The van der Waals surface area contributed by atoms with E-state index in [0.717, 1.165) is 21.9 Å². The van der Waals surface area contributed by atoms with E-state index in [9.17, 15) is 9.59 Å². The van der Waals surface area contributed by atoms with Gasteiger partial charge in [0.25, 0.3) is 5.91 Å². The van der Waals surface area contributed by atoms with E-state index in [4.69, 9.17) is 10.5 Å². The first-order chi connectivity index (χ1) is 15.0. The largest absolute Gasteiger partial charge is 0.455 e. The maximum absolute atomic E-state index is 12.4. The van der Waals surface area contributed by atoms with Gasteiger partial charge in [-0.15, -0.1) is 11.3 Å². The van der Waals surface area contributed by atoms with Crippen molar-refractivity contribution in [1.29, 1.82) is 0 Å². The Morgan fingerprint density at radius 1 is 1.03 bits per heavy atom. The van der Waals surface area contributed by atoms with Crippen molar-refractivity contribution < 1.29 is 14.3 Å². The predicted molar refractivity (Wildman–Crippen MR) is 124 cm³/mol. The van der Waals surface area contributed by atoms with Crippen molar-refractivity contribution in [3.63, 3.8) is 0 Å². The topological polar surface area (TPSA) is 94.3 Å². The van der Waals surface area contributed by atoms with Crippen molar-refractivity contribution >= 4 is 44.8 Å². The lowest BCUT2D eigenvalue weighted by Gasteiger charge is -2.09. The van der Waals surface area contributed by atoms with Gasteiger partial charge in [0.05, 0.1) is 12.1 Å². The molecule has 1 aromatic heterocycles. The standard InChI is InChI=1S/C24H21N3O3S/c1-15-9-11-17(12-10-15)23-20(31-24(25)27-23)13-22(29)30-14-21(28)26-19-8-4-6-16-5-2-3-7-18(16)19/h2-12H,13-14H2,1H3,(H2,25,27)(H,26,28). The van der Waals surface area contributed by atoms with Gasteiger partial charge in [-0.3, -0.25) is 9.59 Å². The van der Waals surface area contributed by atoms with Crippen LogP contribution in [0.5, 0.6) is 0 Å². The number of nitrogens with zero attached hydrogens (tertiary/aromatic N) is 1. The van der Waals surface area contributed by atoms with Crippen molar-refractivity contribution in [2.24, 2.45) is 0 Å². The third kappa shape index (κ3) is 4.90. The number of anilines is 2. The van der Waals surface area contributed by atoms with Crippen LogP contribution in [0.2, 0.25) is 0 Å². The fourth-order valence-corrected chi connectivity index (χ4v) is 4.12. The lowest BCUT2D eigenvalue weighted by Crippen LogP contribution is -2.21. The van der Waals surface area contributed by atoms with Gasteiger partial charge in [-0.25, -0.2) is 4.98 Å². The summed E-state index contributed by atoms with van der Waals surface area (Å²) in [6.45, 7) is 1.64. The second kappa shape index (κ2) is 8.97. The molecule has 0 radical (unpaired) electrons. The monoisotopic (exact) mass is 431 g/mol. The van der Waals surface area contributed by atoms with Gasteiger partial charge < -0.3 is 15.8 Å². The minimum atomic E-state index is -0.509. The Labute approximate surface area is 183 Å². The molecule has 6 nitrogen and oxygen atoms in total. The van der Waals surface area contributed by atoms with E-state index in [1.54, 1.807) is 0 Å². The summed E-state index contributed by atoms with van der Waals surface area (Å²) in [6.07, 6.45) is -0.000373. The van der Waals surface area contributed by atoms with E-state index >= 15 is 0 Å². The number of carbonyl (C=O) groups is 2. The highest BCUT2D eigenvalue weighted by Crippen LogP contribution is 2.30. The number of aromatic nitrogens is 1. The average Bonchev–Trinajstić information content (AvgIpc) is 3.13. The minimum Gasteiger partial charge on any atom is -0.455 e. The van der Waals surface area contributed by atoms with Crippen LogP contribution in [0.1, 0.15) is 10.4 Å². The third-order valence-electron chi connectivity index (χ3n) is 4.77. The van der Waals surface area contributed by atoms with Gasteiger partial charge in [0, 0.05) is 21.5 Å². The molecule has 156 valence electrons. The number of esters is 1. The van der Waals surface area contributed by atoms with Crippen molar-refractivity contribution in [3.8, 4) is 11.3 Å². The van der Waals surface area contributed by atoms with E-state index in [-0.39, 0.29) is 13.0 Å². The fourth-order valence-electron chi connectivity index (χ4n) is 3.28. The molecule has 0 bridgehead atoms. The first-order valence-electron chi connectivity index (χ1n) is 9.75. The Balaban J connectivity index is 1.38. The SMILES string of the molecule is Cc1ccc(-c2nc(N)sc2CC(=O)OCC(=O)Nc2cccc3ccccc23)cc1. The number of fused-ring (bicyclic) bond motifs is 1. The van der Waals surface area contributed by atoms with Gasteiger partial charge in [0.2, 0.25) is 0 Å². The molecule has 31 heavy (non-hydrogen) atoms. The molecule has 0 saturated carbocycles. The molecule has 4 aromatic rings. The Bertz CT molecular complexity index is 1240. The van der Waals surface area contributed by atoms with Crippen LogP contribution in [-0.4, -0.2) is 23.5 Å². The van der Waals surface area contributed by atoms with Crippen molar-refractivity contribution in [2.75, 3.05) is 17.7 Å². The number of hydrogen-bond donors (Lipinski definition) is 2. The molecule has 3 N–H and O–H groups in total. The summed E-state index contributed by atoms with van der Waals surface area (Å²) in [5.74, 6) is -0.905. The van der Waals surface area contributed by atoms with Crippen LogP contribution in [0.4, 0.5) is 10.8 Å². The van der Waals surface area contributed by atoms with E-state index < -0.39 is 11.9 Å². The van der Waals surface area contributed by atoms with Crippen molar-refractivity contribution in [2.45, 2.75) is 13.3 Å². The van der Waals surface area contributed by atoms with Gasteiger partial charge in [-0.1, -0.05) is 66.2 Å². The van der Waals surface area contributed by atoms with Crippen LogP contribution < -0.4 is 11.1 Å². The number of nitrogen functional groups attached to an aromatic ring is 1. The molecule has 3 aromatic carbocycles. The number of hydrogen-bond acceptors (Lipinski definition) is 6. The Morgan fingerprint density at radius 3 is 2.58 bits per heavy atom. The maximum Gasteiger partial charge on any atom is 0.311 e. The quantitative estimate of drug-likeness (QED) is 0.436. The smallest absolute Gasteiger partial charge is 0.311 e. The number of nitrogens with two attached hydrogens (primary N) is 1. The molecule has 4 rings (SSSR count). The molecule has 0 aliphatic rings. The van der Waals surface area contributed by atoms with Gasteiger partial charge in [0.1, 0.15) is 0 Å². The number of aryl methyl sites for hydroxylation is 1. The van der Waals surface area contributed by atoms with Crippen LogP contribution in [0.15, 0.2) is 66.7 Å². The molecule has 0 atom stereocenters. The van der Waals surface area contributed by atoms with Crippen LogP contribution in [0.3, 0.4) is 0 Å². The minimum absolute atomic E-state index is 0.000373. The van der Waals surface area contributed by atoms with Crippen LogP contribution >= 0.6 is 11.3 Å². The molecule has 0 saturated heterocycles. The number of ether oxygens (including phenoxy) is 1. The van der Waals surface area contributed by atoms with Crippen LogP contribution in [-0.2, 0) is 20.7 Å². The Hall–Kier alpha value is -3.71. The second-order valence-electron chi connectivity index (χ2n) is 7.10. The first kappa shape index (κ1) is 20.6. The zero-order valence-electron chi connectivity index (χ0n) is 16.9. The van der Waals surface area contributed by atoms with Crippen LogP contribution in [0.25, 0.3) is 22.0 Å². The molecule has 0 unspecified atom stereocenters. The van der Waals surface area contributed by atoms with Crippen LogP contribution in [0, 0.1) is 6.92 Å². The van der Waals surface area contributed by atoms with Crippen molar-refractivity contribution in [1.82, 2.24) is 4.98 Å². The van der Waals surface area contributed by atoms with E-state index in [2.05, 4.69) is 10.3 Å². The number of rotatable bonds is 6. The van der Waals surface area contributed by atoms with Gasteiger partial charge in [0.15, 0.2) is 11.7 Å². The highest BCUT2D eigenvalue weighted by molar-refractivity contribution is 7.15. The zero-order chi connectivity index (χ0) is 21.8. The number of carbonyl (C=O) groups excluding carboxylic acids is 2. The van der Waals surface area contributed by atoms with Gasteiger partial charge in [-0.05, 0) is 18.4 Å². The van der Waals surface area contributed by atoms with Gasteiger partial charge in [-0.2, -0.15) is 0 Å². The number of benzene rings is 3. The lowest BCUT2D eigenvalue weighted by atomic mass is 10.1. The molecular weight excluding hydrogens is 410 g/mol. The molecule has 0 spiro atoms. The second-order valence-corrected chi connectivity index (χ2v) is 8.22. The molecule has 0 aliphatic carbocycles. The van der Waals surface area contributed by atoms with E-state index in [1.807, 2.05) is 73.7 Å². The summed E-state index contributed by atoms with van der Waals surface area (Å²) in [5.41, 5.74) is 9.22. The number of thiazole rings is 1. The highest BCUT2D eigenvalue weighted by Gasteiger charge is 2.17. The normalized spacial score (nSPS) is 10.7. The summed E-state index contributed by atoms with van der Waals surface area (Å²) in [4.78, 5) is 29.7. The van der Waals surface area contributed by atoms with E-state index in [1.165, 1.54) is 11.3 Å². The fraction of sp³-hybridized carbons (Fsp3) is 0.125. The zero-order valence-corrected chi connectivity index (χ0v) is 17.7. The number of amides is 1. The average molecular weight is 432 g/mol. The lowest BCUT2D eigenvalue weighted by molar-refractivity contribution is -0.146. The molecule has 7 heteroatoms. The summed E-state index contributed by atoms with van der Waals surface area (Å²) in [7, 11) is 0. The maximum atomic E-state index is 12.4. The molecule has 1 heterocycles. The summed E-state index contributed by atoms with van der Waals surface area (Å²) < 4.78 is 5.20. The summed E-state index contributed by atoms with van der Waals surface area (Å²) in [6, 6.07) is 21.2. The third-order valence-corrected chi connectivity index (χ3v) is 5.66. The molecule has 0 aliphatic heterocycles. The highest BCUT2D eigenvalue weighted by atomic mass is 32.1.